The lowest BCUT2D eigenvalue weighted by Crippen LogP contribution is -2.59. The molecule has 0 saturated carbocycles. The maximum atomic E-state index is 12.5. The van der Waals surface area contributed by atoms with Gasteiger partial charge in [0.15, 0.2) is 6.04 Å². The number of aliphatic hydroxyl groups excluding tert-OH is 2. The summed E-state index contributed by atoms with van der Waals surface area (Å²) in [5.74, 6) is -5.43. The minimum absolute atomic E-state index is 0.162. The van der Waals surface area contributed by atoms with Gasteiger partial charge in [0.25, 0.3) is 0 Å². The van der Waals surface area contributed by atoms with E-state index in [4.69, 9.17) is 16.6 Å². The van der Waals surface area contributed by atoms with Crippen molar-refractivity contribution in [1.29, 1.82) is 0 Å². The van der Waals surface area contributed by atoms with Crippen LogP contribution in [0.1, 0.15) is 18.9 Å². The van der Waals surface area contributed by atoms with E-state index >= 15 is 0 Å². The van der Waals surface area contributed by atoms with Crippen LogP contribution in [0.15, 0.2) is 30.3 Å². The van der Waals surface area contributed by atoms with Crippen molar-refractivity contribution in [2.24, 2.45) is 11.5 Å². The summed E-state index contributed by atoms with van der Waals surface area (Å²) in [7, 11) is 0. The number of carbonyl (C=O) groups excluding carboxylic acids is 4. The minimum atomic E-state index is -1.71. The van der Waals surface area contributed by atoms with Gasteiger partial charge in [-0.15, -0.1) is 0 Å². The fraction of sp³-hybridized carbons (Fsp3) is 0.450. The Kier molecular flexibility index (Phi) is 10.9. The number of nitrogens with two attached hydrogens (primary N) is 2. The van der Waals surface area contributed by atoms with E-state index in [1.165, 1.54) is 0 Å². The Balaban J connectivity index is 2.84. The van der Waals surface area contributed by atoms with E-state index < -0.39 is 72.9 Å². The molecule has 0 aromatic heterocycles. The van der Waals surface area contributed by atoms with Crippen LogP contribution >= 0.6 is 0 Å². The quantitative estimate of drug-likeness (QED) is 0.142. The van der Waals surface area contributed by atoms with Crippen molar-refractivity contribution in [3.63, 3.8) is 0 Å². The van der Waals surface area contributed by atoms with Gasteiger partial charge in [0.2, 0.25) is 23.6 Å². The van der Waals surface area contributed by atoms with Gasteiger partial charge in [-0.3, -0.25) is 19.2 Å². The average molecular weight is 467 g/mol. The van der Waals surface area contributed by atoms with Crippen LogP contribution in [-0.2, 0) is 30.4 Å². The van der Waals surface area contributed by atoms with Gasteiger partial charge in [-0.25, -0.2) is 4.79 Å². The number of aliphatic hydroxyl groups is 2. The molecule has 0 radical (unpaired) electrons. The van der Waals surface area contributed by atoms with E-state index in [9.17, 15) is 34.2 Å². The van der Waals surface area contributed by atoms with Crippen LogP contribution in [0.3, 0.4) is 0 Å². The molecule has 13 heteroatoms. The average Bonchev–Trinajstić information content (AvgIpc) is 2.74. The Morgan fingerprint density at radius 2 is 1.48 bits per heavy atom. The summed E-state index contributed by atoms with van der Waals surface area (Å²) >= 11 is 0. The van der Waals surface area contributed by atoms with Crippen LogP contribution in [0.2, 0.25) is 0 Å². The number of carbonyl (C=O) groups is 5. The maximum Gasteiger partial charge on any atom is 0.328 e. The van der Waals surface area contributed by atoms with E-state index in [0.29, 0.717) is 0 Å². The summed E-state index contributed by atoms with van der Waals surface area (Å²) in [5, 5.41) is 34.5. The summed E-state index contributed by atoms with van der Waals surface area (Å²) in [6.07, 6.45) is -2.02. The molecule has 0 spiro atoms. The highest BCUT2D eigenvalue weighted by Crippen LogP contribution is 2.03. The van der Waals surface area contributed by atoms with Gasteiger partial charge in [-0.2, -0.15) is 0 Å². The number of rotatable bonds is 13. The third-order valence-corrected chi connectivity index (χ3v) is 4.54. The lowest BCUT2D eigenvalue weighted by molar-refractivity contribution is -0.145. The first kappa shape index (κ1) is 27.5. The molecule has 5 unspecified atom stereocenters. The number of carboxylic acid groups (broad SMARTS) is 1. The Labute approximate surface area is 189 Å². The van der Waals surface area contributed by atoms with Crippen molar-refractivity contribution in [3.8, 4) is 0 Å². The molecule has 0 aliphatic heterocycles. The number of carboxylic acids is 1. The first-order valence-electron chi connectivity index (χ1n) is 9.96. The molecule has 1 rings (SSSR count). The van der Waals surface area contributed by atoms with Crippen LogP contribution in [0.25, 0.3) is 0 Å². The second-order valence-electron chi connectivity index (χ2n) is 7.34. The van der Waals surface area contributed by atoms with E-state index in [1.54, 1.807) is 30.3 Å². The summed E-state index contributed by atoms with van der Waals surface area (Å²) in [6.45, 7) is 0.267. The third-order valence-electron chi connectivity index (χ3n) is 4.54. The molecular formula is C20H29N5O8. The van der Waals surface area contributed by atoms with E-state index in [2.05, 4.69) is 10.6 Å². The summed E-state index contributed by atoms with van der Waals surface area (Å²) in [6, 6.07) is 2.94. The second-order valence-corrected chi connectivity index (χ2v) is 7.34. The molecule has 5 atom stereocenters. The van der Waals surface area contributed by atoms with Crippen LogP contribution < -0.4 is 27.4 Å². The molecule has 1 aromatic rings. The largest absolute Gasteiger partial charge is 0.480 e. The molecule has 0 aliphatic rings. The van der Waals surface area contributed by atoms with Crippen molar-refractivity contribution < 1.29 is 39.3 Å². The zero-order valence-corrected chi connectivity index (χ0v) is 17.9. The molecule has 0 fully saturated rings. The van der Waals surface area contributed by atoms with Gasteiger partial charge in [-0.1, -0.05) is 30.3 Å². The standard InChI is InChI=1S/C20H29N5O8/c1-10(27)16(20(32)33)25-18(30)13(8-15(22)28)23-19(31)14(9-26)24-17(29)12(21)7-11-5-3-2-4-6-11/h2-6,10,12-14,16,26-27H,7-9,21H2,1H3,(H2,22,28)(H,23,31)(H,24,29)(H,25,30)(H,32,33). The highest BCUT2D eigenvalue weighted by molar-refractivity contribution is 5.96. The zero-order valence-electron chi connectivity index (χ0n) is 17.9. The first-order chi connectivity index (χ1) is 15.5. The van der Waals surface area contributed by atoms with Crippen molar-refractivity contribution in [2.75, 3.05) is 6.61 Å². The van der Waals surface area contributed by atoms with Gasteiger partial charge >= 0.3 is 5.97 Å². The molecule has 10 N–H and O–H groups in total. The number of amides is 4. The van der Waals surface area contributed by atoms with Crippen molar-refractivity contribution in [1.82, 2.24) is 16.0 Å². The van der Waals surface area contributed by atoms with Gasteiger partial charge in [0.05, 0.1) is 25.2 Å². The molecule has 0 bridgehead atoms. The zero-order chi connectivity index (χ0) is 25.1. The van der Waals surface area contributed by atoms with Crippen LogP contribution in [0.5, 0.6) is 0 Å². The van der Waals surface area contributed by atoms with E-state index in [0.717, 1.165) is 12.5 Å². The molecule has 33 heavy (non-hydrogen) atoms. The number of hydrogen-bond acceptors (Lipinski definition) is 8. The molecule has 0 aliphatic carbocycles. The predicted molar refractivity (Wildman–Crippen MR) is 114 cm³/mol. The highest BCUT2D eigenvalue weighted by Gasteiger charge is 2.32. The monoisotopic (exact) mass is 467 g/mol. The van der Waals surface area contributed by atoms with Gasteiger partial charge in [-0.05, 0) is 18.9 Å². The lowest BCUT2D eigenvalue weighted by Gasteiger charge is -2.24. The molecular weight excluding hydrogens is 438 g/mol. The molecule has 1 aromatic carbocycles. The molecule has 4 amide bonds. The van der Waals surface area contributed by atoms with Crippen molar-refractivity contribution >= 4 is 29.6 Å². The van der Waals surface area contributed by atoms with Crippen LogP contribution in [0.4, 0.5) is 0 Å². The number of primary amides is 1. The summed E-state index contributed by atoms with van der Waals surface area (Å²) in [4.78, 5) is 59.7. The van der Waals surface area contributed by atoms with Gasteiger partial charge in [0.1, 0.15) is 12.1 Å². The molecule has 13 nitrogen and oxygen atoms in total. The summed E-state index contributed by atoms with van der Waals surface area (Å²) < 4.78 is 0. The lowest BCUT2D eigenvalue weighted by atomic mass is 10.1. The van der Waals surface area contributed by atoms with Gasteiger partial charge in [0, 0.05) is 0 Å². The number of benzene rings is 1. The third kappa shape index (κ3) is 9.22. The number of aliphatic carboxylic acids is 1. The Morgan fingerprint density at radius 1 is 0.939 bits per heavy atom. The normalized spacial score (nSPS) is 15.3. The smallest absolute Gasteiger partial charge is 0.328 e. The maximum absolute atomic E-state index is 12.5. The predicted octanol–water partition coefficient (Wildman–Crippen LogP) is -3.66. The first-order valence-corrected chi connectivity index (χ1v) is 9.96. The fourth-order valence-corrected chi connectivity index (χ4v) is 2.76. The van der Waals surface area contributed by atoms with E-state index in [1.807, 2.05) is 5.32 Å². The van der Waals surface area contributed by atoms with Crippen LogP contribution in [-0.4, -0.2) is 81.8 Å². The van der Waals surface area contributed by atoms with Crippen molar-refractivity contribution in [3.05, 3.63) is 35.9 Å². The topological polar surface area (TPSA) is 234 Å². The SMILES string of the molecule is CC(O)C(NC(=O)C(CC(N)=O)NC(=O)C(CO)NC(=O)C(N)Cc1ccccc1)C(=O)O. The number of hydrogen-bond donors (Lipinski definition) is 8. The molecule has 0 heterocycles. The minimum Gasteiger partial charge on any atom is -0.480 e. The molecule has 182 valence electrons. The van der Waals surface area contributed by atoms with Gasteiger partial charge < -0.3 is 42.7 Å². The highest BCUT2D eigenvalue weighted by atomic mass is 16.4. The Bertz CT molecular complexity index is 848. The van der Waals surface area contributed by atoms with Crippen molar-refractivity contribution in [2.45, 2.75) is 50.0 Å². The van der Waals surface area contributed by atoms with Crippen LogP contribution in [0, 0.1) is 0 Å². The fourth-order valence-electron chi connectivity index (χ4n) is 2.76. The van der Waals surface area contributed by atoms with E-state index in [-0.39, 0.29) is 6.42 Å². The Hall–Kier alpha value is -3.55. The summed E-state index contributed by atoms with van der Waals surface area (Å²) in [5.41, 5.74) is 11.7. The molecule has 0 saturated heterocycles. The number of nitrogens with one attached hydrogen (secondary N) is 3. The Morgan fingerprint density at radius 3 is 1.97 bits per heavy atom. The second kappa shape index (κ2) is 13.1.